The molecule has 0 atom stereocenters. The van der Waals surface area contributed by atoms with Crippen molar-refractivity contribution in [3.05, 3.63) is 64.7 Å². The zero-order valence-corrected chi connectivity index (χ0v) is 18.5. The summed E-state index contributed by atoms with van der Waals surface area (Å²) in [5.41, 5.74) is 2.61. The first kappa shape index (κ1) is 22.7. The first-order valence-electron chi connectivity index (χ1n) is 11.4. The number of carboxylic acid groups (broad SMARTS) is 1. The second-order valence-corrected chi connectivity index (χ2v) is 9.31. The zero-order chi connectivity index (χ0) is 23.9. The molecular weight excluding hydrogens is 449 g/mol. The minimum absolute atomic E-state index is 0.0953. The summed E-state index contributed by atoms with van der Waals surface area (Å²) < 4.78 is 42.5. The van der Waals surface area contributed by atoms with Crippen molar-refractivity contribution in [3.63, 3.8) is 0 Å². The molecule has 1 saturated carbocycles. The number of carbonyl (C=O) groups is 1. The van der Waals surface area contributed by atoms with Crippen LogP contribution in [0, 0.1) is 0 Å². The van der Waals surface area contributed by atoms with Crippen molar-refractivity contribution in [2.24, 2.45) is 5.16 Å². The molecule has 1 saturated heterocycles. The summed E-state index contributed by atoms with van der Waals surface area (Å²) in [6.07, 6.45) is -0.900. The number of ether oxygens (including phenoxy) is 1. The van der Waals surface area contributed by atoms with Crippen molar-refractivity contribution in [3.8, 4) is 5.75 Å². The second-order valence-electron chi connectivity index (χ2n) is 9.31. The van der Waals surface area contributed by atoms with Crippen molar-refractivity contribution in [1.82, 2.24) is 4.90 Å². The standard InChI is InChI=1S/C25H25F3N2O4/c26-25(27,28)33-22-8-5-16(13-20(22)17-6-7-17)15-30-11-9-24(10-12-30)14-21(29-34-24)18-3-1-2-4-19(18)23(31)32/h1-5,8,13,17H,6-7,9-12,14-15H2,(H,31,32). The van der Waals surface area contributed by atoms with Crippen LogP contribution >= 0.6 is 0 Å². The van der Waals surface area contributed by atoms with Crippen LogP contribution in [0.5, 0.6) is 5.75 Å². The molecule has 1 N–H and O–H groups in total. The minimum Gasteiger partial charge on any atom is -0.478 e. The lowest BCUT2D eigenvalue weighted by molar-refractivity contribution is -0.274. The van der Waals surface area contributed by atoms with E-state index in [2.05, 4.69) is 14.8 Å². The molecular formula is C25H25F3N2O4. The highest BCUT2D eigenvalue weighted by Crippen LogP contribution is 2.46. The molecule has 0 bridgehead atoms. The number of oxime groups is 1. The number of nitrogens with zero attached hydrogens (tertiary/aromatic N) is 2. The molecule has 3 aliphatic rings. The van der Waals surface area contributed by atoms with E-state index in [0.29, 0.717) is 29.8 Å². The van der Waals surface area contributed by atoms with Crippen LogP contribution in [0.1, 0.15) is 65.1 Å². The Bertz CT molecular complexity index is 1120. The normalized spacial score (nSPS) is 20.1. The van der Waals surface area contributed by atoms with E-state index in [9.17, 15) is 23.1 Å². The van der Waals surface area contributed by atoms with E-state index >= 15 is 0 Å². The van der Waals surface area contributed by atoms with E-state index < -0.39 is 17.9 Å². The molecule has 0 aromatic heterocycles. The average Bonchev–Trinajstić information content (AvgIpc) is 3.56. The van der Waals surface area contributed by atoms with E-state index in [1.807, 2.05) is 6.07 Å². The van der Waals surface area contributed by atoms with Crippen molar-refractivity contribution in [2.75, 3.05) is 13.1 Å². The summed E-state index contributed by atoms with van der Waals surface area (Å²) in [7, 11) is 0. The number of piperidine rings is 1. The number of aromatic carboxylic acids is 1. The molecule has 0 amide bonds. The van der Waals surface area contributed by atoms with Gasteiger partial charge in [-0.05, 0) is 42.0 Å². The molecule has 2 aromatic rings. The Kier molecular flexibility index (Phi) is 5.75. The molecule has 9 heteroatoms. The number of carboxylic acids is 1. The molecule has 2 aliphatic heterocycles. The third-order valence-corrected chi connectivity index (χ3v) is 6.80. The van der Waals surface area contributed by atoms with Crippen molar-refractivity contribution in [2.45, 2.75) is 56.5 Å². The number of alkyl halides is 3. The van der Waals surface area contributed by atoms with Gasteiger partial charge in [0.25, 0.3) is 0 Å². The molecule has 180 valence electrons. The van der Waals surface area contributed by atoms with E-state index in [1.165, 1.54) is 6.07 Å². The van der Waals surface area contributed by atoms with Crippen LogP contribution in [-0.4, -0.2) is 46.7 Å². The molecule has 2 fully saturated rings. The van der Waals surface area contributed by atoms with Gasteiger partial charge in [-0.1, -0.05) is 35.5 Å². The van der Waals surface area contributed by atoms with Gasteiger partial charge in [0, 0.05) is 44.5 Å². The number of halogens is 3. The van der Waals surface area contributed by atoms with Gasteiger partial charge in [0.05, 0.1) is 11.3 Å². The van der Waals surface area contributed by atoms with Gasteiger partial charge in [-0.15, -0.1) is 13.2 Å². The van der Waals surface area contributed by atoms with Crippen LogP contribution in [0.4, 0.5) is 13.2 Å². The van der Waals surface area contributed by atoms with Gasteiger partial charge in [-0.2, -0.15) is 0 Å². The second kappa shape index (κ2) is 8.61. The molecule has 1 aliphatic carbocycles. The maximum Gasteiger partial charge on any atom is 0.573 e. The Morgan fingerprint density at radius 2 is 1.91 bits per heavy atom. The van der Waals surface area contributed by atoms with E-state index in [-0.39, 0.29) is 17.2 Å². The molecule has 6 nitrogen and oxygen atoms in total. The van der Waals surface area contributed by atoms with Crippen LogP contribution in [-0.2, 0) is 11.4 Å². The lowest BCUT2D eigenvalue weighted by Gasteiger charge is -2.37. The summed E-state index contributed by atoms with van der Waals surface area (Å²) in [6, 6.07) is 11.8. The predicted octanol–water partition coefficient (Wildman–Crippen LogP) is 5.32. The summed E-state index contributed by atoms with van der Waals surface area (Å²) >= 11 is 0. The number of benzene rings is 2. The van der Waals surface area contributed by atoms with E-state index in [0.717, 1.165) is 44.3 Å². The molecule has 5 rings (SSSR count). The Hall–Kier alpha value is -3.07. The molecule has 1 spiro atoms. The molecule has 2 heterocycles. The predicted molar refractivity (Wildman–Crippen MR) is 118 cm³/mol. The monoisotopic (exact) mass is 474 g/mol. The fourth-order valence-electron chi connectivity index (χ4n) is 4.86. The van der Waals surface area contributed by atoms with Crippen LogP contribution in [0.25, 0.3) is 0 Å². The number of hydrogen-bond donors (Lipinski definition) is 1. The van der Waals surface area contributed by atoms with Crippen LogP contribution < -0.4 is 4.74 Å². The van der Waals surface area contributed by atoms with Gasteiger partial charge < -0.3 is 14.7 Å². The number of rotatable bonds is 6. The number of likely N-dealkylation sites (tertiary alicyclic amines) is 1. The first-order valence-corrected chi connectivity index (χ1v) is 11.4. The Balaban J connectivity index is 1.21. The van der Waals surface area contributed by atoms with Crippen molar-refractivity contribution < 1.29 is 32.6 Å². The Morgan fingerprint density at radius 3 is 2.59 bits per heavy atom. The first-order chi connectivity index (χ1) is 16.2. The van der Waals surface area contributed by atoms with Gasteiger partial charge in [0.1, 0.15) is 11.4 Å². The van der Waals surface area contributed by atoms with Crippen LogP contribution in [0.3, 0.4) is 0 Å². The lowest BCUT2D eigenvalue weighted by Crippen LogP contribution is -2.44. The molecule has 2 aromatic carbocycles. The Labute approximate surface area is 195 Å². The SMILES string of the molecule is O=C(O)c1ccccc1C1=NOC2(CCN(Cc3ccc(OC(F)(F)F)c(C4CC4)c3)CC2)C1. The van der Waals surface area contributed by atoms with Gasteiger partial charge in [-0.3, -0.25) is 4.90 Å². The smallest absolute Gasteiger partial charge is 0.478 e. The number of hydrogen-bond acceptors (Lipinski definition) is 5. The highest BCUT2D eigenvalue weighted by Gasteiger charge is 2.43. The summed E-state index contributed by atoms with van der Waals surface area (Å²) in [6.45, 7) is 2.14. The van der Waals surface area contributed by atoms with Crippen LogP contribution in [0.15, 0.2) is 47.6 Å². The quantitative estimate of drug-likeness (QED) is 0.614. The molecule has 0 unspecified atom stereocenters. The summed E-state index contributed by atoms with van der Waals surface area (Å²) in [5.74, 6) is -0.952. The zero-order valence-electron chi connectivity index (χ0n) is 18.5. The molecule has 0 radical (unpaired) electrons. The third-order valence-electron chi connectivity index (χ3n) is 6.80. The topological polar surface area (TPSA) is 71.4 Å². The van der Waals surface area contributed by atoms with Crippen molar-refractivity contribution >= 4 is 11.7 Å². The fraction of sp³-hybridized carbons (Fsp3) is 0.440. The highest BCUT2D eigenvalue weighted by molar-refractivity contribution is 6.09. The minimum atomic E-state index is -4.69. The third kappa shape index (κ3) is 4.89. The summed E-state index contributed by atoms with van der Waals surface area (Å²) in [5, 5.41) is 13.7. The highest BCUT2D eigenvalue weighted by atomic mass is 19.4. The van der Waals surface area contributed by atoms with Gasteiger partial charge in [-0.25, -0.2) is 4.79 Å². The lowest BCUT2D eigenvalue weighted by atomic mass is 9.84. The van der Waals surface area contributed by atoms with Gasteiger partial charge in [0.2, 0.25) is 0 Å². The maximum absolute atomic E-state index is 12.7. The maximum atomic E-state index is 12.7. The van der Waals surface area contributed by atoms with Crippen molar-refractivity contribution in [1.29, 1.82) is 0 Å². The van der Waals surface area contributed by atoms with Gasteiger partial charge >= 0.3 is 12.3 Å². The van der Waals surface area contributed by atoms with E-state index in [1.54, 1.807) is 30.3 Å². The van der Waals surface area contributed by atoms with Crippen LogP contribution in [0.2, 0.25) is 0 Å². The van der Waals surface area contributed by atoms with Gasteiger partial charge in [0.15, 0.2) is 0 Å². The van der Waals surface area contributed by atoms with E-state index in [4.69, 9.17) is 4.84 Å². The fourth-order valence-corrected chi connectivity index (χ4v) is 4.86. The average molecular weight is 474 g/mol. The summed E-state index contributed by atoms with van der Waals surface area (Å²) in [4.78, 5) is 19.7. The largest absolute Gasteiger partial charge is 0.573 e. The molecule has 34 heavy (non-hydrogen) atoms. The Morgan fingerprint density at radius 1 is 1.18 bits per heavy atom.